The molecule has 0 saturated heterocycles. The summed E-state index contributed by atoms with van der Waals surface area (Å²) in [5, 5.41) is 5.65. The fraction of sp³-hybridized carbons (Fsp3) is 0.278. The Morgan fingerprint density at radius 3 is 2.78 bits per heavy atom. The number of urea groups is 1. The monoisotopic (exact) mass is 330 g/mol. The lowest BCUT2D eigenvalue weighted by molar-refractivity contribution is 0.252. The van der Waals surface area contributed by atoms with Gasteiger partial charge in [-0.05, 0) is 24.6 Å². The minimum atomic E-state index is -0.200. The third-order valence-corrected chi connectivity index (χ3v) is 4.24. The molecule has 0 atom stereocenters. The zero-order valence-electron chi connectivity index (χ0n) is 13.5. The average molecular weight is 330 g/mol. The highest BCUT2D eigenvalue weighted by Crippen LogP contribution is 2.16. The molecule has 0 bridgehead atoms. The molecular weight excluding hydrogens is 308 g/mol. The van der Waals surface area contributed by atoms with Crippen molar-refractivity contribution in [1.29, 1.82) is 0 Å². The molecule has 2 aromatic carbocycles. The number of anilines is 1. The van der Waals surface area contributed by atoms with Crippen LogP contribution in [0.5, 0.6) is 5.75 Å². The molecule has 2 aromatic rings. The first-order valence-electron chi connectivity index (χ1n) is 7.49. The van der Waals surface area contributed by atoms with Gasteiger partial charge in [0, 0.05) is 29.8 Å². The zero-order chi connectivity index (χ0) is 16.5. The SMILES string of the molecule is COc1cccc(NC(=O)NCCSCc2cccc(C)c2)c1. The lowest BCUT2D eigenvalue weighted by atomic mass is 10.2. The van der Waals surface area contributed by atoms with E-state index in [1.165, 1.54) is 11.1 Å². The molecule has 2 N–H and O–H groups in total. The van der Waals surface area contributed by atoms with Gasteiger partial charge in [0.05, 0.1) is 7.11 Å². The van der Waals surface area contributed by atoms with Crippen LogP contribution in [0.4, 0.5) is 10.5 Å². The predicted octanol–water partition coefficient (Wildman–Crippen LogP) is 4.06. The highest BCUT2D eigenvalue weighted by molar-refractivity contribution is 7.98. The fourth-order valence-electron chi connectivity index (χ4n) is 2.10. The predicted molar refractivity (Wildman–Crippen MR) is 97.4 cm³/mol. The Labute approximate surface area is 141 Å². The van der Waals surface area contributed by atoms with E-state index < -0.39 is 0 Å². The van der Waals surface area contributed by atoms with E-state index in [9.17, 15) is 4.79 Å². The molecule has 0 aromatic heterocycles. The number of carbonyl (C=O) groups excluding carboxylic acids is 1. The van der Waals surface area contributed by atoms with Gasteiger partial charge in [-0.2, -0.15) is 11.8 Å². The number of amides is 2. The Bertz CT molecular complexity index is 646. The molecule has 0 unspecified atom stereocenters. The molecule has 0 aliphatic heterocycles. The van der Waals surface area contributed by atoms with E-state index in [0.717, 1.165) is 17.3 Å². The molecule has 0 radical (unpaired) electrons. The minimum absolute atomic E-state index is 0.200. The largest absolute Gasteiger partial charge is 0.497 e. The summed E-state index contributed by atoms with van der Waals surface area (Å²) >= 11 is 1.81. The summed E-state index contributed by atoms with van der Waals surface area (Å²) in [5.74, 6) is 2.55. The summed E-state index contributed by atoms with van der Waals surface area (Å²) in [4.78, 5) is 11.8. The van der Waals surface area contributed by atoms with Gasteiger partial charge in [-0.25, -0.2) is 4.79 Å². The van der Waals surface area contributed by atoms with Crippen LogP contribution in [-0.2, 0) is 5.75 Å². The molecule has 5 heteroatoms. The normalized spacial score (nSPS) is 10.2. The van der Waals surface area contributed by atoms with E-state index in [4.69, 9.17) is 4.74 Å². The number of ether oxygens (including phenoxy) is 1. The summed E-state index contributed by atoms with van der Waals surface area (Å²) in [6.45, 7) is 2.73. The maximum atomic E-state index is 11.8. The van der Waals surface area contributed by atoms with Gasteiger partial charge < -0.3 is 15.4 Å². The second-order valence-corrected chi connectivity index (χ2v) is 6.26. The summed E-state index contributed by atoms with van der Waals surface area (Å²) in [5.41, 5.74) is 3.31. The summed E-state index contributed by atoms with van der Waals surface area (Å²) in [6.07, 6.45) is 0. The van der Waals surface area contributed by atoms with Crippen molar-refractivity contribution in [3.05, 3.63) is 59.7 Å². The first-order chi connectivity index (χ1) is 11.2. The first kappa shape index (κ1) is 17.2. The molecule has 23 heavy (non-hydrogen) atoms. The van der Waals surface area contributed by atoms with Gasteiger partial charge in [0.2, 0.25) is 0 Å². The molecular formula is C18H22N2O2S. The lowest BCUT2D eigenvalue weighted by Crippen LogP contribution is -2.30. The summed E-state index contributed by atoms with van der Waals surface area (Å²) in [6, 6.07) is 15.6. The highest BCUT2D eigenvalue weighted by atomic mass is 32.2. The molecule has 0 aliphatic rings. The van der Waals surface area contributed by atoms with Crippen molar-refractivity contribution in [2.75, 3.05) is 24.7 Å². The van der Waals surface area contributed by atoms with E-state index in [2.05, 4.69) is 41.8 Å². The number of benzene rings is 2. The van der Waals surface area contributed by atoms with E-state index in [0.29, 0.717) is 12.2 Å². The summed E-state index contributed by atoms with van der Waals surface area (Å²) in [7, 11) is 1.60. The van der Waals surface area contributed by atoms with E-state index >= 15 is 0 Å². The molecule has 0 heterocycles. The first-order valence-corrected chi connectivity index (χ1v) is 8.65. The third-order valence-electron chi connectivity index (χ3n) is 3.21. The number of hydrogen-bond acceptors (Lipinski definition) is 3. The van der Waals surface area contributed by atoms with E-state index in [1.54, 1.807) is 24.9 Å². The Balaban J connectivity index is 1.64. The molecule has 2 rings (SSSR count). The third kappa shape index (κ3) is 6.24. The lowest BCUT2D eigenvalue weighted by Gasteiger charge is -2.09. The van der Waals surface area contributed by atoms with Crippen molar-refractivity contribution in [3.63, 3.8) is 0 Å². The van der Waals surface area contributed by atoms with Gasteiger partial charge in [-0.1, -0.05) is 35.9 Å². The number of nitrogens with one attached hydrogen (secondary N) is 2. The highest BCUT2D eigenvalue weighted by Gasteiger charge is 2.02. The Morgan fingerprint density at radius 1 is 1.17 bits per heavy atom. The second-order valence-electron chi connectivity index (χ2n) is 5.15. The topological polar surface area (TPSA) is 50.4 Å². The minimum Gasteiger partial charge on any atom is -0.497 e. The van der Waals surface area contributed by atoms with Crippen LogP contribution in [0.25, 0.3) is 0 Å². The molecule has 0 aliphatic carbocycles. The van der Waals surface area contributed by atoms with Crippen molar-refractivity contribution in [1.82, 2.24) is 5.32 Å². The van der Waals surface area contributed by atoms with Crippen LogP contribution in [0.1, 0.15) is 11.1 Å². The number of carbonyl (C=O) groups is 1. The van der Waals surface area contributed by atoms with Crippen molar-refractivity contribution in [3.8, 4) is 5.75 Å². The fourth-order valence-corrected chi connectivity index (χ4v) is 2.91. The molecule has 2 amide bonds. The summed E-state index contributed by atoms with van der Waals surface area (Å²) < 4.78 is 5.12. The van der Waals surface area contributed by atoms with Gasteiger partial charge in [-0.15, -0.1) is 0 Å². The van der Waals surface area contributed by atoms with Crippen LogP contribution in [0.2, 0.25) is 0 Å². The number of hydrogen-bond donors (Lipinski definition) is 2. The molecule has 0 saturated carbocycles. The van der Waals surface area contributed by atoms with Crippen molar-refractivity contribution < 1.29 is 9.53 Å². The number of thioether (sulfide) groups is 1. The van der Waals surface area contributed by atoms with Crippen LogP contribution in [-0.4, -0.2) is 25.4 Å². The Kier molecular flexibility index (Phi) is 6.81. The van der Waals surface area contributed by atoms with Gasteiger partial charge >= 0.3 is 6.03 Å². The quantitative estimate of drug-likeness (QED) is 0.753. The molecule has 122 valence electrons. The Hall–Kier alpha value is -2.14. The van der Waals surface area contributed by atoms with Crippen LogP contribution in [0.15, 0.2) is 48.5 Å². The molecule has 4 nitrogen and oxygen atoms in total. The van der Waals surface area contributed by atoms with Crippen LogP contribution in [0.3, 0.4) is 0 Å². The van der Waals surface area contributed by atoms with Crippen molar-refractivity contribution in [2.24, 2.45) is 0 Å². The second kappa shape index (κ2) is 9.10. The van der Waals surface area contributed by atoms with E-state index in [1.807, 2.05) is 18.2 Å². The van der Waals surface area contributed by atoms with Crippen molar-refractivity contribution >= 4 is 23.5 Å². The van der Waals surface area contributed by atoms with E-state index in [-0.39, 0.29) is 6.03 Å². The number of methoxy groups -OCH3 is 1. The maximum absolute atomic E-state index is 11.8. The van der Waals surface area contributed by atoms with Crippen LogP contribution in [0, 0.1) is 6.92 Å². The standard InChI is InChI=1S/C18H22N2O2S/c1-14-5-3-6-15(11-14)13-23-10-9-19-18(21)20-16-7-4-8-17(12-16)22-2/h3-8,11-12H,9-10,13H2,1-2H3,(H2,19,20,21). The van der Waals surface area contributed by atoms with Crippen LogP contribution >= 0.6 is 11.8 Å². The van der Waals surface area contributed by atoms with Gasteiger partial charge in [-0.3, -0.25) is 0 Å². The smallest absolute Gasteiger partial charge is 0.319 e. The zero-order valence-corrected chi connectivity index (χ0v) is 14.3. The average Bonchev–Trinajstić information content (AvgIpc) is 2.55. The molecule has 0 spiro atoms. The maximum Gasteiger partial charge on any atom is 0.319 e. The van der Waals surface area contributed by atoms with Gasteiger partial charge in [0.15, 0.2) is 0 Å². The van der Waals surface area contributed by atoms with Gasteiger partial charge in [0.25, 0.3) is 0 Å². The number of rotatable bonds is 7. The number of aryl methyl sites for hydroxylation is 1. The van der Waals surface area contributed by atoms with Gasteiger partial charge in [0.1, 0.15) is 5.75 Å². The van der Waals surface area contributed by atoms with Crippen LogP contribution < -0.4 is 15.4 Å². The molecule has 0 fully saturated rings. The van der Waals surface area contributed by atoms with Crippen molar-refractivity contribution in [2.45, 2.75) is 12.7 Å². The Morgan fingerprint density at radius 2 is 2.00 bits per heavy atom.